The summed E-state index contributed by atoms with van der Waals surface area (Å²) < 4.78 is 10.3. The number of nitrogens with two attached hydrogens (primary N) is 1. The number of hydrogen-bond acceptors (Lipinski definition) is 5. The summed E-state index contributed by atoms with van der Waals surface area (Å²) in [4.78, 5) is 2.06. The predicted molar refractivity (Wildman–Crippen MR) is 70.8 cm³/mol. The van der Waals surface area contributed by atoms with Gasteiger partial charge in [-0.05, 0) is 30.7 Å². The van der Waals surface area contributed by atoms with Crippen molar-refractivity contribution in [1.29, 1.82) is 0 Å². The maximum Gasteiger partial charge on any atom is 0.167 e. The molecule has 5 heteroatoms. The Hall–Kier alpha value is -2.17. The van der Waals surface area contributed by atoms with Gasteiger partial charge in [0.15, 0.2) is 11.6 Å². The van der Waals surface area contributed by atoms with E-state index in [-0.39, 0.29) is 0 Å². The Morgan fingerprint density at radius 3 is 2.72 bits per heavy atom. The van der Waals surface area contributed by atoms with Crippen LogP contribution in [0.2, 0.25) is 0 Å². The van der Waals surface area contributed by atoms with Gasteiger partial charge in [-0.2, -0.15) is 0 Å². The molecule has 0 aliphatic heterocycles. The molecule has 2 aromatic rings. The predicted octanol–water partition coefficient (Wildman–Crippen LogP) is 2.21. The molecule has 0 spiro atoms. The van der Waals surface area contributed by atoms with Crippen molar-refractivity contribution in [2.24, 2.45) is 0 Å². The molecule has 0 radical (unpaired) electrons. The largest absolute Gasteiger partial charge is 0.496 e. The minimum Gasteiger partial charge on any atom is -0.496 e. The zero-order valence-electron chi connectivity index (χ0n) is 10.8. The van der Waals surface area contributed by atoms with Gasteiger partial charge >= 0.3 is 0 Å². The standard InChI is InChI=1S/C13H17N3O2/c1-9-6-10(4-5-12(9)17-3)16(2)8-11-7-13(14)15-18-11/h4-7H,8H2,1-3H3,(H2,14,15). The van der Waals surface area contributed by atoms with E-state index < -0.39 is 0 Å². The van der Waals surface area contributed by atoms with Crippen LogP contribution in [-0.2, 0) is 6.54 Å². The summed E-state index contributed by atoms with van der Waals surface area (Å²) in [5.74, 6) is 2.03. The highest BCUT2D eigenvalue weighted by atomic mass is 16.5. The molecule has 0 amide bonds. The van der Waals surface area contributed by atoms with E-state index in [2.05, 4.69) is 16.1 Å². The average molecular weight is 247 g/mol. The zero-order chi connectivity index (χ0) is 13.1. The number of nitrogens with zero attached hydrogens (tertiary/aromatic N) is 2. The summed E-state index contributed by atoms with van der Waals surface area (Å²) in [5, 5.41) is 3.66. The Morgan fingerprint density at radius 1 is 1.39 bits per heavy atom. The van der Waals surface area contributed by atoms with Gasteiger partial charge in [0.1, 0.15) is 5.75 Å². The van der Waals surface area contributed by atoms with Crippen LogP contribution in [0.15, 0.2) is 28.8 Å². The van der Waals surface area contributed by atoms with Crippen LogP contribution >= 0.6 is 0 Å². The minimum absolute atomic E-state index is 0.407. The Labute approximate surface area is 106 Å². The first-order chi connectivity index (χ1) is 8.60. The van der Waals surface area contributed by atoms with E-state index in [0.717, 1.165) is 22.8 Å². The highest BCUT2D eigenvalue weighted by molar-refractivity contribution is 5.52. The third kappa shape index (κ3) is 2.56. The number of hydrogen-bond donors (Lipinski definition) is 1. The first kappa shape index (κ1) is 12.3. The lowest BCUT2D eigenvalue weighted by Crippen LogP contribution is -2.16. The van der Waals surface area contributed by atoms with Gasteiger partial charge in [0, 0.05) is 18.8 Å². The molecule has 1 aromatic heterocycles. The molecule has 0 fully saturated rings. The van der Waals surface area contributed by atoms with E-state index in [1.807, 2.05) is 26.1 Å². The number of anilines is 2. The number of ether oxygens (including phenoxy) is 1. The van der Waals surface area contributed by atoms with Crippen molar-refractivity contribution in [3.05, 3.63) is 35.6 Å². The summed E-state index contributed by atoms with van der Waals surface area (Å²) in [5.41, 5.74) is 7.70. The van der Waals surface area contributed by atoms with Crippen molar-refractivity contribution in [3.63, 3.8) is 0 Å². The lowest BCUT2D eigenvalue weighted by molar-refractivity contribution is 0.385. The Morgan fingerprint density at radius 2 is 2.17 bits per heavy atom. The molecular formula is C13H17N3O2. The molecule has 2 rings (SSSR count). The van der Waals surface area contributed by atoms with Crippen molar-refractivity contribution in [2.45, 2.75) is 13.5 Å². The molecule has 0 saturated carbocycles. The van der Waals surface area contributed by atoms with E-state index in [0.29, 0.717) is 12.4 Å². The Balaban J connectivity index is 2.13. The first-order valence-corrected chi connectivity index (χ1v) is 5.67. The van der Waals surface area contributed by atoms with Crippen molar-refractivity contribution < 1.29 is 9.26 Å². The van der Waals surface area contributed by atoms with Crippen molar-refractivity contribution in [3.8, 4) is 5.75 Å². The molecule has 5 nitrogen and oxygen atoms in total. The number of aromatic nitrogens is 1. The SMILES string of the molecule is COc1ccc(N(C)Cc2cc(N)no2)cc1C. The van der Waals surface area contributed by atoms with E-state index in [1.54, 1.807) is 13.2 Å². The van der Waals surface area contributed by atoms with Gasteiger partial charge in [-0.15, -0.1) is 0 Å². The highest BCUT2D eigenvalue weighted by Gasteiger charge is 2.08. The molecule has 0 aliphatic carbocycles. The summed E-state index contributed by atoms with van der Waals surface area (Å²) in [7, 11) is 3.66. The average Bonchev–Trinajstić information content (AvgIpc) is 2.74. The molecule has 1 aromatic carbocycles. The second kappa shape index (κ2) is 5.00. The van der Waals surface area contributed by atoms with Gasteiger partial charge < -0.3 is 19.9 Å². The Kier molecular flexibility index (Phi) is 3.41. The zero-order valence-corrected chi connectivity index (χ0v) is 10.8. The maximum atomic E-state index is 5.52. The van der Waals surface area contributed by atoms with Crippen LogP contribution in [0.25, 0.3) is 0 Å². The van der Waals surface area contributed by atoms with Crippen LogP contribution in [0.1, 0.15) is 11.3 Å². The van der Waals surface area contributed by atoms with E-state index in [1.165, 1.54) is 0 Å². The van der Waals surface area contributed by atoms with Crippen LogP contribution in [0.4, 0.5) is 11.5 Å². The number of rotatable bonds is 4. The number of methoxy groups -OCH3 is 1. The maximum absolute atomic E-state index is 5.52. The number of nitrogen functional groups attached to an aromatic ring is 1. The third-order valence-corrected chi connectivity index (χ3v) is 2.79. The summed E-state index contributed by atoms with van der Waals surface area (Å²) in [6, 6.07) is 7.76. The minimum atomic E-state index is 0.407. The fraction of sp³-hybridized carbons (Fsp3) is 0.308. The van der Waals surface area contributed by atoms with E-state index >= 15 is 0 Å². The second-order valence-electron chi connectivity index (χ2n) is 4.23. The van der Waals surface area contributed by atoms with E-state index in [9.17, 15) is 0 Å². The molecule has 0 atom stereocenters. The van der Waals surface area contributed by atoms with Gasteiger partial charge in [0.05, 0.1) is 13.7 Å². The molecular weight excluding hydrogens is 230 g/mol. The molecule has 0 saturated heterocycles. The van der Waals surface area contributed by atoms with Crippen LogP contribution in [0, 0.1) is 6.92 Å². The first-order valence-electron chi connectivity index (χ1n) is 5.67. The highest BCUT2D eigenvalue weighted by Crippen LogP contribution is 2.24. The Bertz CT molecular complexity index is 537. The summed E-state index contributed by atoms with van der Waals surface area (Å²) in [6.07, 6.45) is 0. The molecule has 2 N–H and O–H groups in total. The van der Waals surface area contributed by atoms with Gasteiger partial charge in [-0.25, -0.2) is 0 Å². The number of aryl methyl sites for hydroxylation is 1. The molecule has 1 heterocycles. The lowest BCUT2D eigenvalue weighted by atomic mass is 10.2. The summed E-state index contributed by atoms with van der Waals surface area (Å²) in [6.45, 7) is 2.64. The molecule has 96 valence electrons. The molecule has 0 bridgehead atoms. The normalized spacial score (nSPS) is 10.4. The van der Waals surface area contributed by atoms with Crippen molar-refractivity contribution in [2.75, 3.05) is 24.8 Å². The van der Waals surface area contributed by atoms with Gasteiger partial charge in [0.2, 0.25) is 0 Å². The smallest absolute Gasteiger partial charge is 0.167 e. The molecule has 0 unspecified atom stereocenters. The quantitative estimate of drug-likeness (QED) is 0.897. The monoisotopic (exact) mass is 247 g/mol. The fourth-order valence-corrected chi connectivity index (χ4v) is 1.83. The third-order valence-electron chi connectivity index (χ3n) is 2.79. The van der Waals surface area contributed by atoms with Crippen LogP contribution < -0.4 is 15.4 Å². The van der Waals surface area contributed by atoms with Crippen LogP contribution in [0.5, 0.6) is 5.75 Å². The van der Waals surface area contributed by atoms with Gasteiger partial charge in [0.25, 0.3) is 0 Å². The van der Waals surface area contributed by atoms with Gasteiger partial charge in [-0.1, -0.05) is 5.16 Å². The molecule has 0 aliphatic rings. The summed E-state index contributed by atoms with van der Waals surface area (Å²) >= 11 is 0. The van der Waals surface area contributed by atoms with Crippen LogP contribution in [0.3, 0.4) is 0 Å². The van der Waals surface area contributed by atoms with Crippen LogP contribution in [-0.4, -0.2) is 19.3 Å². The van der Waals surface area contributed by atoms with Gasteiger partial charge in [-0.3, -0.25) is 0 Å². The van der Waals surface area contributed by atoms with Crippen molar-refractivity contribution >= 4 is 11.5 Å². The number of benzene rings is 1. The lowest BCUT2D eigenvalue weighted by Gasteiger charge is -2.18. The van der Waals surface area contributed by atoms with E-state index in [4.69, 9.17) is 15.0 Å². The molecule has 18 heavy (non-hydrogen) atoms. The topological polar surface area (TPSA) is 64.5 Å². The fourth-order valence-electron chi connectivity index (χ4n) is 1.83. The van der Waals surface area contributed by atoms with Crippen molar-refractivity contribution in [1.82, 2.24) is 5.16 Å². The second-order valence-corrected chi connectivity index (χ2v) is 4.23.